The second-order valence-electron chi connectivity index (χ2n) is 7.11. The van der Waals surface area contributed by atoms with E-state index in [-0.39, 0.29) is 11.8 Å². The molecule has 158 valence electrons. The van der Waals surface area contributed by atoms with Crippen molar-refractivity contribution in [3.05, 3.63) is 0 Å². The molecule has 0 aromatic heterocycles. The molecule has 0 aliphatic carbocycles. The fraction of sp³-hybridized carbons (Fsp3) is 0.706. The van der Waals surface area contributed by atoms with E-state index in [1.54, 1.807) is 13.8 Å². The Bertz CT molecular complexity index is 617. The molecule has 3 amide bonds. The molecule has 0 bridgehead atoms. The van der Waals surface area contributed by atoms with Crippen molar-refractivity contribution >= 4 is 29.7 Å². The summed E-state index contributed by atoms with van der Waals surface area (Å²) < 4.78 is 0. The highest BCUT2D eigenvalue weighted by molar-refractivity contribution is 5.95. The van der Waals surface area contributed by atoms with Crippen LogP contribution in [-0.4, -0.2) is 70.6 Å². The van der Waals surface area contributed by atoms with Gasteiger partial charge in [0.05, 0.1) is 12.5 Å². The van der Waals surface area contributed by atoms with Crippen LogP contribution >= 0.6 is 0 Å². The lowest BCUT2D eigenvalue weighted by atomic mass is 10.0. The van der Waals surface area contributed by atoms with Gasteiger partial charge in [0.2, 0.25) is 17.7 Å². The van der Waals surface area contributed by atoms with Gasteiger partial charge in [-0.2, -0.15) is 0 Å². The van der Waals surface area contributed by atoms with Crippen molar-refractivity contribution in [2.24, 2.45) is 5.92 Å². The lowest BCUT2D eigenvalue weighted by Crippen LogP contribution is -2.58. The molecule has 28 heavy (non-hydrogen) atoms. The molecule has 1 aliphatic rings. The van der Waals surface area contributed by atoms with Crippen LogP contribution in [0.15, 0.2) is 0 Å². The molecular formula is C17H28N4O7. The summed E-state index contributed by atoms with van der Waals surface area (Å²) in [6.45, 7) is 5.32. The Balaban J connectivity index is 2.83. The maximum absolute atomic E-state index is 12.6. The molecule has 1 fully saturated rings. The van der Waals surface area contributed by atoms with Gasteiger partial charge in [0.1, 0.15) is 18.1 Å². The molecule has 0 aromatic rings. The van der Waals surface area contributed by atoms with E-state index < -0.39 is 54.3 Å². The van der Waals surface area contributed by atoms with Crippen molar-refractivity contribution < 1.29 is 34.2 Å². The van der Waals surface area contributed by atoms with Crippen molar-refractivity contribution in [2.45, 2.75) is 64.2 Å². The molecule has 11 nitrogen and oxygen atoms in total. The van der Waals surface area contributed by atoms with Gasteiger partial charge in [-0.3, -0.25) is 24.0 Å². The maximum atomic E-state index is 12.6. The number of carbonyl (C=O) groups excluding carboxylic acids is 3. The Morgan fingerprint density at radius 3 is 2.11 bits per heavy atom. The Labute approximate surface area is 162 Å². The van der Waals surface area contributed by atoms with Gasteiger partial charge in [-0.25, -0.2) is 0 Å². The van der Waals surface area contributed by atoms with Crippen LogP contribution in [0.4, 0.5) is 0 Å². The second-order valence-corrected chi connectivity index (χ2v) is 7.11. The number of hydrogen-bond donors (Lipinski definition) is 6. The number of nitrogens with one attached hydrogen (secondary N) is 4. The van der Waals surface area contributed by atoms with Crippen molar-refractivity contribution in [2.75, 3.05) is 6.54 Å². The van der Waals surface area contributed by atoms with Crippen LogP contribution in [0.5, 0.6) is 0 Å². The second kappa shape index (κ2) is 10.6. The molecule has 6 N–H and O–H groups in total. The summed E-state index contributed by atoms with van der Waals surface area (Å²) in [5.74, 6) is -4.96. The van der Waals surface area contributed by atoms with Crippen LogP contribution in [0, 0.1) is 5.92 Å². The molecule has 4 atom stereocenters. The summed E-state index contributed by atoms with van der Waals surface area (Å²) in [6.07, 6.45) is 0.765. The van der Waals surface area contributed by atoms with E-state index >= 15 is 0 Å². The molecule has 0 spiro atoms. The van der Waals surface area contributed by atoms with Crippen molar-refractivity contribution in [3.63, 3.8) is 0 Å². The molecule has 0 saturated carbocycles. The zero-order valence-electron chi connectivity index (χ0n) is 16.2. The third-order valence-corrected chi connectivity index (χ3v) is 4.36. The van der Waals surface area contributed by atoms with E-state index in [9.17, 15) is 24.0 Å². The van der Waals surface area contributed by atoms with Crippen molar-refractivity contribution in [1.29, 1.82) is 0 Å². The van der Waals surface area contributed by atoms with Gasteiger partial charge in [0.25, 0.3) is 0 Å². The Morgan fingerprint density at radius 2 is 1.64 bits per heavy atom. The first-order valence-electron chi connectivity index (χ1n) is 9.12. The molecule has 1 saturated heterocycles. The molecule has 0 radical (unpaired) electrons. The van der Waals surface area contributed by atoms with E-state index in [0.717, 1.165) is 6.42 Å². The zero-order chi connectivity index (χ0) is 21.4. The quantitative estimate of drug-likeness (QED) is 0.255. The van der Waals surface area contributed by atoms with Crippen LogP contribution in [0.3, 0.4) is 0 Å². The monoisotopic (exact) mass is 400 g/mol. The summed E-state index contributed by atoms with van der Waals surface area (Å²) in [7, 11) is 0. The standard InChI is InChI=1S/C17H28N4O7/c1-8(2)13(21-14(24)10-5-4-6-18-10)16(26)20-11(7-12(22)23)15(25)19-9(3)17(27)28/h8-11,13,18H,4-7H2,1-3H3,(H,19,25)(H,20,26)(H,21,24)(H,22,23)(H,27,28). The lowest BCUT2D eigenvalue weighted by Gasteiger charge is -2.26. The number of carboxylic acid groups (broad SMARTS) is 2. The molecule has 1 aliphatic heterocycles. The topological polar surface area (TPSA) is 174 Å². The van der Waals surface area contributed by atoms with Gasteiger partial charge < -0.3 is 31.5 Å². The minimum atomic E-state index is -1.48. The van der Waals surface area contributed by atoms with Gasteiger partial charge in [-0.1, -0.05) is 13.8 Å². The van der Waals surface area contributed by atoms with Crippen molar-refractivity contribution in [3.8, 4) is 0 Å². The maximum Gasteiger partial charge on any atom is 0.325 e. The van der Waals surface area contributed by atoms with Crippen LogP contribution in [0.2, 0.25) is 0 Å². The summed E-state index contributed by atoms with van der Waals surface area (Å²) >= 11 is 0. The average Bonchev–Trinajstić information content (AvgIpc) is 3.12. The van der Waals surface area contributed by atoms with E-state index in [4.69, 9.17) is 10.2 Å². The molecule has 11 heteroatoms. The Morgan fingerprint density at radius 1 is 1.00 bits per heavy atom. The number of amides is 3. The predicted molar refractivity (Wildman–Crippen MR) is 97.2 cm³/mol. The molecule has 0 aromatic carbocycles. The van der Waals surface area contributed by atoms with Crippen LogP contribution in [0.25, 0.3) is 0 Å². The Hall–Kier alpha value is -2.69. The normalized spacial score (nSPS) is 19.4. The lowest BCUT2D eigenvalue weighted by molar-refractivity contribution is -0.143. The van der Waals surface area contributed by atoms with Gasteiger partial charge >= 0.3 is 11.9 Å². The number of hydrogen-bond acceptors (Lipinski definition) is 6. The number of rotatable bonds is 10. The van der Waals surface area contributed by atoms with E-state index in [2.05, 4.69) is 21.3 Å². The summed E-state index contributed by atoms with van der Waals surface area (Å²) in [5, 5.41) is 28.0. The summed E-state index contributed by atoms with van der Waals surface area (Å²) in [5.41, 5.74) is 0. The average molecular weight is 400 g/mol. The fourth-order valence-corrected chi connectivity index (χ4v) is 2.72. The van der Waals surface area contributed by atoms with Crippen LogP contribution in [0.1, 0.15) is 40.0 Å². The minimum absolute atomic E-state index is 0.322. The smallest absolute Gasteiger partial charge is 0.325 e. The van der Waals surface area contributed by atoms with E-state index in [0.29, 0.717) is 13.0 Å². The van der Waals surface area contributed by atoms with E-state index in [1.807, 2.05) is 0 Å². The Kier molecular flexibility index (Phi) is 8.83. The van der Waals surface area contributed by atoms with Gasteiger partial charge in [-0.05, 0) is 32.2 Å². The number of carboxylic acids is 2. The highest BCUT2D eigenvalue weighted by Crippen LogP contribution is 2.08. The third-order valence-electron chi connectivity index (χ3n) is 4.36. The van der Waals surface area contributed by atoms with Crippen LogP contribution in [-0.2, 0) is 24.0 Å². The number of carbonyl (C=O) groups is 5. The van der Waals surface area contributed by atoms with Gasteiger partial charge in [-0.15, -0.1) is 0 Å². The van der Waals surface area contributed by atoms with Crippen LogP contribution < -0.4 is 21.3 Å². The largest absolute Gasteiger partial charge is 0.481 e. The third kappa shape index (κ3) is 7.14. The predicted octanol–water partition coefficient (Wildman–Crippen LogP) is -1.57. The first-order chi connectivity index (χ1) is 13.0. The summed E-state index contributed by atoms with van der Waals surface area (Å²) in [4.78, 5) is 59.0. The highest BCUT2D eigenvalue weighted by Gasteiger charge is 2.33. The minimum Gasteiger partial charge on any atom is -0.481 e. The first-order valence-corrected chi connectivity index (χ1v) is 9.12. The van der Waals surface area contributed by atoms with Gasteiger partial charge in [0, 0.05) is 0 Å². The van der Waals surface area contributed by atoms with Gasteiger partial charge in [0.15, 0.2) is 0 Å². The van der Waals surface area contributed by atoms with E-state index in [1.165, 1.54) is 6.92 Å². The molecule has 1 heterocycles. The molecule has 4 unspecified atom stereocenters. The summed E-state index contributed by atoms with van der Waals surface area (Å²) in [6, 6.07) is -4.11. The highest BCUT2D eigenvalue weighted by atomic mass is 16.4. The molecule has 1 rings (SSSR count). The van der Waals surface area contributed by atoms with Crippen molar-refractivity contribution in [1.82, 2.24) is 21.3 Å². The first kappa shape index (κ1) is 23.3. The number of aliphatic carboxylic acids is 2. The molecular weight excluding hydrogens is 372 g/mol. The SMILES string of the molecule is CC(NC(=O)C(CC(=O)O)NC(=O)C(NC(=O)C1CCCN1)C(C)C)C(=O)O. The zero-order valence-corrected chi connectivity index (χ0v) is 16.2. The fourth-order valence-electron chi connectivity index (χ4n) is 2.72.